The molecule has 1 aliphatic heterocycles. The van der Waals surface area contributed by atoms with Gasteiger partial charge in [-0.15, -0.1) is 0 Å². The van der Waals surface area contributed by atoms with Gasteiger partial charge in [0.1, 0.15) is 6.10 Å². The Labute approximate surface area is 280 Å². The van der Waals surface area contributed by atoms with Gasteiger partial charge in [-0.2, -0.15) is 10.1 Å². The van der Waals surface area contributed by atoms with E-state index in [4.69, 9.17) is 14.7 Å². The van der Waals surface area contributed by atoms with Crippen molar-refractivity contribution in [2.24, 2.45) is 12.5 Å². The van der Waals surface area contributed by atoms with E-state index in [-0.39, 0.29) is 18.6 Å². The summed E-state index contributed by atoms with van der Waals surface area (Å²) in [6, 6.07) is 10.2. The van der Waals surface area contributed by atoms with Gasteiger partial charge in [-0.25, -0.2) is 15.0 Å². The van der Waals surface area contributed by atoms with Crippen LogP contribution < -0.4 is 15.4 Å². The first-order valence-corrected chi connectivity index (χ1v) is 16.5. The summed E-state index contributed by atoms with van der Waals surface area (Å²) >= 11 is 0. The summed E-state index contributed by atoms with van der Waals surface area (Å²) in [5, 5.41) is 11.7. The molecule has 12 heteroatoms. The van der Waals surface area contributed by atoms with Gasteiger partial charge < -0.3 is 20.4 Å². The summed E-state index contributed by atoms with van der Waals surface area (Å²) in [7, 11) is 1.90. The number of carbonyl (C=O) groups excluding carboxylic acids is 1. The van der Waals surface area contributed by atoms with Crippen molar-refractivity contribution in [3.63, 3.8) is 0 Å². The maximum absolute atomic E-state index is 13.2. The Balaban J connectivity index is 0.985. The third-order valence-corrected chi connectivity index (χ3v) is 9.37. The number of amides is 1. The number of likely N-dealkylation sites (tertiary alicyclic amines) is 1. The van der Waals surface area contributed by atoms with Crippen LogP contribution in [-0.2, 0) is 11.8 Å². The van der Waals surface area contributed by atoms with Crippen LogP contribution in [-0.4, -0.2) is 71.2 Å². The van der Waals surface area contributed by atoms with Gasteiger partial charge >= 0.3 is 6.01 Å². The number of H-pyrrole nitrogens is 1. The van der Waals surface area contributed by atoms with Crippen molar-refractivity contribution in [1.29, 1.82) is 0 Å². The highest BCUT2D eigenvalue weighted by molar-refractivity contribution is 6.06. The lowest BCUT2D eigenvalue weighted by Gasteiger charge is -2.28. The first-order chi connectivity index (χ1) is 23.1. The number of benzene rings is 1. The first-order valence-electron chi connectivity index (χ1n) is 16.5. The summed E-state index contributed by atoms with van der Waals surface area (Å²) in [4.78, 5) is 37.1. The molecule has 0 saturated carbocycles. The zero-order valence-corrected chi connectivity index (χ0v) is 28.2. The van der Waals surface area contributed by atoms with E-state index in [9.17, 15) is 4.79 Å². The molecule has 1 atom stereocenters. The summed E-state index contributed by atoms with van der Waals surface area (Å²) in [6.45, 7) is 10.2. The molecule has 48 heavy (non-hydrogen) atoms. The Hall–Kier alpha value is -5.10. The van der Waals surface area contributed by atoms with Gasteiger partial charge in [0.15, 0.2) is 5.82 Å². The number of ether oxygens (including phenoxy) is 1. The standard InChI is InChI=1S/C36H42N10O2/c1-22-18-39-34(42-30-17-23(2)45(5)44-30)43-32(22)27-19-38-33-26(27)7-6-8-29(33)40-31(47)21-46-16-12-25(20-46)48-35-37-15-11-28(41-35)24-9-13-36(3,4)14-10-24/h6-9,11,15,17-19,25,38H,10,12-14,16,20-21H2,1-5H3,(H,40,47)(H,39,42,43,44)/t25-/m0/s1. The molecule has 1 aromatic carbocycles. The molecule has 0 bridgehead atoms. The van der Waals surface area contributed by atoms with Crippen molar-refractivity contribution in [3.05, 3.63) is 71.9 Å². The topological polar surface area (TPSA) is 139 Å². The number of fused-ring (bicyclic) bond motifs is 1. The minimum absolute atomic E-state index is 0.0705. The lowest BCUT2D eigenvalue weighted by molar-refractivity contribution is -0.117. The van der Waals surface area contributed by atoms with Crippen LogP contribution in [0.2, 0.25) is 0 Å². The van der Waals surface area contributed by atoms with Crippen LogP contribution in [0.1, 0.15) is 56.5 Å². The highest BCUT2D eigenvalue weighted by atomic mass is 16.5. The zero-order chi connectivity index (χ0) is 33.4. The van der Waals surface area contributed by atoms with Crippen molar-refractivity contribution >= 4 is 39.8 Å². The fraction of sp³-hybridized carbons (Fsp3) is 0.389. The predicted octanol–water partition coefficient (Wildman–Crippen LogP) is 6.19. The zero-order valence-electron chi connectivity index (χ0n) is 28.2. The Morgan fingerprint density at radius 1 is 1.17 bits per heavy atom. The molecule has 248 valence electrons. The molecule has 4 aromatic heterocycles. The lowest BCUT2D eigenvalue weighted by Crippen LogP contribution is -2.33. The largest absolute Gasteiger partial charge is 0.459 e. The maximum Gasteiger partial charge on any atom is 0.317 e. The summed E-state index contributed by atoms with van der Waals surface area (Å²) in [5.41, 5.74) is 7.79. The fourth-order valence-electron chi connectivity index (χ4n) is 6.43. The third kappa shape index (κ3) is 6.79. The first kappa shape index (κ1) is 31.5. The van der Waals surface area contributed by atoms with E-state index in [0.717, 1.165) is 77.0 Å². The van der Waals surface area contributed by atoms with Gasteiger partial charge in [-0.05, 0) is 68.2 Å². The molecule has 0 radical (unpaired) electrons. The molecule has 0 unspecified atom stereocenters. The molecule has 0 spiro atoms. The molecule has 1 saturated heterocycles. The number of hydrogen-bond acceptors (Lipinski definition) is 9. The van der Waals surface area contributed by atoms with Crippen LogP contribution in [0.25, 0.3) is 27.7 Å². The van der Waals surface area contributed by atoms with E-state index in [1.54, 1.807) is 17.1 Å². The molecule has 1 aliphatic carbocycles. The molecular weight excluding hydrogens is 604 g/mol. The van der Waals surface area contributed by atoms with E-state index in [1.807, 2.05) is 57.4 Å². The number of carbonyl (C=O) groups is 1. The molecule has 5 heterocycles. The van der Waals surface area contributed by atoms with Crippen LogP contribution in [0.15, 0.2) is 55.0 Å². The number of nitrogens with zero attached hydrogens (tertiary/aromatic N) is 7. The van der Waals surface area contributed by atoms with Gasteiger partial charge in [0.25, 0.3) is 0 Å². The molecule has 1 amide bonds. The average molecular weight is 647 g/mol. The number of anilines is 3. The Kier molecular flexibility index (Phi) is 8.42. The Bertz CT molecular complexity index is 1990. The minimum Gasteiger partial charge on any atom is -0.459 e. The number of hydrogen-bond donors (Lipinski definition) is 3. The van der Waals surface area contributed by atoms with Crippen molar-refractivity contribution in [2.45, 2.75) is 59.5 Å². The quantitative estimate of drug-likeness (QED) is 0.171. The smallest absolute Gasteiger partial charge is 0.317 e. The number of aromatic nitrogens is 7. The van der Waals surface area contributed by atoms with Gasteiger partial charge in [0.2, 0.25) is 11.9 Å². The molecule has 12 nitrogen and oxygen atoms in total. The van der Waals surface area contributed by atoms with E-state index in [1.165, 1.54) is 5.57 Å². The van der Waals surface area contributed by atoms with Crippen LogP contribution in [0.4, 0.5) is 17.5 Å². The van der Waals surface area contributed by atoms with Crippen LogP contribution in [0.3, 0.4) is 0 Å². The van der Waals surface area contributed by atoms with Gasteiger partial charge in [-0.3, -0.25) is 14.4 Å². The minimum atomic E-state index is -0.0833. The van der Waals surface area contributed by atoms with Crippen LogP contribution in [0, 0.1) is 19.3 Å². The number of allylic oxidation sites excluding steroid dienone is 2. The van der Waals surface area contributed by atoms with Crippen molar-refractivity contribution in [1.82, 2.24) is 39.6 Å². The Morgan fingerprint density at radius 3 is 2.83 bits per heavy atom. The number of aryl methyl sites for hydroxylation is 3. The average Bonchev–Trinajstić information content (AvgIpc) is 3.77. The van der Waals surface area contributed by atoms with Crippen molar-refractivity contribution in [3.8, 4) is 17.3 Å². The number of rotatable bonds is 9. The number of nitrogens with one attached hydrogen (secondary N) is 3. The molecule has 7 rings (SSSR count). The third-order valence-electron chi connectivity index (χ3n) is 9.37. The molecule has 1 fully saturated rings. The summed E-state index contributed by atoms with van der Waals surface area (Å²) < 4.78 is 7.99. The highest BCUT2D eigenvalue weighted by Crippen LogP contribution is 2.38. The molecule has 3 N–H and O–H groups in total. The molecule has 5 aromatic rings. The van der Waals surface area contributed by atoms with E-state index in [0.29, 0.717) is 29.7 Å². The van der Waals surface area contributed by atoms with E-state index >= 15 is 0 Å². The van der Waals surface area contributed by atoms with Gasteiger partial charge in [-0.1, -0.05) is 32.1 Å². The monoisotopic (exact) mass is 646 g/mol. The number of para-hydroxylation sites is 1. The normalized spacial score (nSPS) is 17.8. The predicted molar refractivity (Wildman–Crippen MR) is 187 cm³/mol. The van der Waals surface area contributed by atoms with Gasteiger partial charge in [0, 0.05) is 61.4 Å². The summed E-state index contributed by atoms with van der Waals surface area (Å²) in [6.07, 6.45) is 11.7. The van der Waals surface area contributed by atoms with Crippen LogP contribution in [0.5, 0.6) is 6.01 Å². The van der Waals surface area contributed by atoms with Crippen LogP contribution >= 0.6 is 0 Å². The second-order valence-corrected chi connectivity index (χ2v) is 13.7. The lowest BCUT2D eigenvalue weighted by atomic mass is 9.78. The number of aromatic amines is 1. The second-order valence-electron chi connectivity index (χ2n) is 13.7. The molecular formula is C36H42N10O2. The molecule has 2 aliphatic rings. The van der Waals surface area contributed by atoms with E-state index < -0.39 is 0 Å². The Morgan fingerprint density at radius 2 is 2.04 bits per heavy atom. The SMILES string of the molecule is Cc1cnc(Nc2cc(C)n(C)n2)nc1-c1c[nH]c2c(NC(=O)CN3CC[C@H](Oc4nccc(C5=CCC(C)(C)CC5)n4)C3)cccc12. The highest BCUT2D eigenvalue weighted by Gasteiger charge is 2.27. The van der Waals surface area contributed by atoms with Crippen molar-refractivity contribution in [2.75, 3.05) is 30.3 Å². The van der Waals surface area contributed by atoms with Crippen molar-refractivity contribution < 1.29 is 9.53 Å². The second kappa shape index (κ2) is 12.8. The van der Waals surface area contributed by atoms with Gasteiger partial charge in [0.05, 0.1) is 29.1 Å². The van der Waals surface area contributed by atoms with E-state index in [2.05, 4.69) is 55.5 Å². The summed E-state index contributed by atoms with van der Waals surface area (Å²) in [5.74, 6) is 1.06. The maximum atomic E-state index is 13.2. The fourth-order valence-corrected chi connectivity index (χ4v) is 6.43.